The van der Waals surface area contributed by atoms with Crippen molar-refractivity contribution >= 4 is 43.1 Å². The van der Waals surface area contributed by atoms with E-state index in [4.69, 9.17) is 19.7 Å². The summed E-state index contributed by atoms with van der Waals surface area (Å²) in [7, 11) is 0. The summed E-state index contributed by atoms with van der Waals surface area (Å²) in [6, 6.07) is 71.3. The molecule has 9 aromatic carbocycles. The number of rotatable bonds is 4. The van der Waals surface area contributed by atoms with Gasteiger partial charge < -0.3 is 4.74 Å². The second kappa shape index (κ2) is 13.1. The topological polar surface area (TPSA) is 47.9 Å². The molecule has 0 radical (unpaired) electrons. The maximum Gasteiger partial charge on any atom is 0.160 e. The summed E-state index contributed by atoms with van der Waals surface area (Å²) in [6.45, 7) is 0. The van der Waals surface area contributed by atoms with Crippen molar-refractivity contribution in [2.45, 2.75) is 5.41 Å². The van der Waals surface area contributed by atoms with E-state index < -0.39 is 5.41 Å². The van der Waals surface area contributed by atoms with Crippen LogP contribution in [0.2, 0.25) is 0 Å². The number of thiazole rings is 1. The van der Waals surface area contributed by atoms with E-state index in [2.05, 4.69) is 200 Å². The lowest BCUT2D eigenvalue weighted by atomic mass is 9.65. The van der Waals surface area contributed by atoms with Gasteiger partial charge in [0.1, 0.15) is 16.5 Å². The predicted molar refractivity (Wildman–Crippen MR) is 249 cm³/mol. The Kier molecular flexibility index (Phi) is 7.36. The smallest absolute Gasteiger partial charge is 0.160 e. The van der Waals surface area contributed by atoms with Gasteiger partial charge in [-0.15, -0.1) is 11.3 Å². The fourth-order valence-electron chi connectivity index (χ4n) is 9.93. The first-order chi connectivity index (χ1) is 30.2. The predicted octanol–water partition coefficient (Wildman–Crippen LogP) is 14.5. The molecule has 0 unspecified atom stereocenters. The molecule has 0 amide bonds. The van der Waals surface area contributed by atoms with Gasteiger partial charge in [-0.1, -0.05) is 158 Å². The highest BCUT2D eigenvalue weighted by Crippen LogP contribution is 2.62. The number of aromatic nitrogens is 3. The van der Waals surface area contributed by atoms with Gasteiger partial charge in [0.25, 0.3) is 0 Å². The first-order valence-corrected chi connectivity index (χ1v) is 21.4. The fraction of sp³-hybridized carbons (Fsp3) is 0.0179. The molecule has 4 nitrogen and oxygen atoms in total. The number of para-hydroxylation sites is 1. The lowest BCUT2D eigenvalue weighted by Crippen LogP contribution is -2.32. The monoisotopic (exact) mass is 795 g/mol. The molecule has 0 saturated heterocycles. The molecule has 1 aliphatic heterocycles. The maximum absolute atomic E-state index is 7.08. The number of fused-ring (bicyclic) bond motifs is 12. The van der Waals surface area contributed by atoms with E-state index in [0.717, 1.165) is 77.6 Å². The normalized spacial score (nSPS) is 13.2. The summed E-state index contributed by atoms with van der Waals surface area (Å²) in [4.78, 5) is 15.8. The summed E-state index contributed by atoms with van der Waals surface area (Å²) < 4.78 is 8.25. The highest BCUT2D eigenvalue weighted by Gasteiger charge is 2.51. The van der Waals surface area contributed by atoms with E-state index in [1.54, 1.807) is 11.3 Å². The van der Waals surface area contributed by atoms with Gasteiger partial charge in [-0.25, -0.2) is 15.0 Å². The van der Waals surface area contributed by atoms with Crippen molar-refractivity contribution in [2.75, 3.05) is 0 Å². The fourth-order valence-corrected chi connectivity index (χ4v) is 10.9. The molecule has 0 N–H and O–H groups in total. The molecule has 1 spiro atoms. The molecule has 0 fully saturated rings. The molecule has 2 aromatic heterocycles. The molecule has 1 aliphatic carbocycles. The van der Waals surface area contributed by atoms with Crippen molar-refractivity contribution in [2.24, 2.45) is 0 Å². The van der Waals surface area contributed by atoms with E-state index in [0.29, 0.717) is 5.82 Å². The van der Waals surface area contributed by atoms with Crippen LogP contribution in [0.1, 0.15) is 22.3 Å². The molecule has 13 rings (SSSR count). The van der Waals surface area contributed by atoms with Crippen molar-refractivity contribution in [3.8, 4) is 67.1 Å². The van der Waals surface area contributed by atoms with Gasteiger partial charge in [-0.2, -0.15) is 0 Å². The Morgan fingerprint density at radius 1 is 0.393 bits per heavy atom. The van der Waals surface area contributed by atoms with Crippen LogP contribution < -0.4 is 4.74 Å². The Morgan fingerprint density at radius 2 is 0.967 bits per heavy atom. The Hall–Kier alpha value is -7.73. The van der Waals surface area contributed by atoms with Crippen molar-refractivity contribution in [1.29, 1.82) is 0 Å². The number of nitrogens with zero attached hydrogens (tertiary/aromatic N) is 3. The minimum absolute atomic E-state index is 0.637. The van der Waals surface area contributed by atoms with E-state index >= 15 is 0 Å². The standard InChI is InChI=1S/C56H33N3OS/c1-3-17-38-34(13-1)15-11-21-42(38)49-33-50(43-22-12-16-35-14-2-4-18-39(35)43)58-54(57-49)36-27-29-46-52(32-36)60-51-30-28-37(55-59-48-25-9-10-26-53(48)61-55)31-47(51)56(46)44-23-7-5-19-40(44)41-20-6-8-24-45(41)56/h1-33H. The summed E-state index contributed by atoms with van der Waals surface area (Å²) >= 11 is 1.72. The quantitative estimate of drug-likeness (QED) is 0.178. The first kappa shape index (κ1) is 34.2. The van der Waals surface area contributed by atoms with Crippen LogP contribution in [-0.4, -0.2) is 15.0 Å². The number of benzene rings is 9. The van der Waals surface area contributed by atoms with Crippen molar-refractivity contribution in [3.63, 3.8) is 0 Å². The molecule has 284 valence electrons. The highest BCUT2D eigenvalue weighted by atomic mass is 32.1. The molecule has 2 aliphatic rings. The molecule has 0 bridgehead atoms. The second-order valence-electron chi connectivity index (χ2n) is 15.9. The first-order valence-electron chi connectivity index (χ1n) is 20.6. The van der Waals surface area contributed by atoms with Crippen LogP contribution in [0.4, 0.5) is 0 Å². The Bertz CT molecular complexity index is 3420. The van der Waals surface area contributed by atoms with Crippen LogP contribution in [0, 0.1) is 0 Å². The number of hydrogen-bond acceptors (Lipinski definition) is 5. The van der Waals surface area contributed by atoms with Crippen molar-refractivity contribution in [1.82, 2.24) is 15.0 Å². The average Bonchev–Trinajstić information content (AvgIpc) is 3.89. The largest absolute Gasteiger partial charge is 0.457 e. The lowest BCUT2D eigenvalue weighted by molar-refractivity contribution is 0.436. The Morgan fingerprint density at radius 3 is 1.66 bits per heavy atom. The third-order valence-electron chi connectivity index (χ3n) is 12.6. The van der Waals surface area contributed by atoms with E-state index in [1.807, 2.05) is 0 Å². The minimum atomic E-state index is -0.638. The molecule has 0 saturated carbocycles. The minimum Gasteiger partial charge on any atom is -0.457 e. The van der Waals surface area contributed by atoms with Crippen molar-refractivity contribution in [3.05, 3.63) is 222 Å². The second-order valence-corrected chi connectivity index (χ2v) is 16.9. The zero-order valence-electron chi connectivity index (χ0n) is 32.7. The van der Waals surface area contributed by atoms with Gasteiger partial charge in [0, 0.05) is 33.4 Å². The van der Waals surface area contributed by atoms with Gasteiger partial charge in [0.05, 0.1) is 27.0 Å². The van der Waals surface area contributed by atoms with Gasteiger partial charge in [0.2, 0.25) is 0 Å². The number of hydrogen-bond donors (Lipinski definition) is 0. The molecule has 3 heterocycles. The molecule has 61 heavy (non-hydrogen) atoms. The van der Waals surface area contributed by atoms with Crippen LogP contribution in [0.25, 0.3) is 87.4 Å². The number of ether oxygens (including phenoxy) is 1. The van der Waals surface area contributed by atoms with E-state index in [9.17, 15) is 0 Å². The average molecular weight is 796 g/mol. The van der Waals surface area contributed by atoms with Gasteiger partial charge in [0.15, 0.2) is 5.82 Å². The Labute approximate surface area is 356 Å². The SMILES string of the molecule is c1ccc2c(c1)-c1ccccc1C21c2ccc(-c3nc(-c4cccc5ccccc45)cc(-c4cccc5ccccc45)n3)cc2Oc2ccc(-c3nc4ccccc4s3)cc21. The summed E-state index contributed by atoms with van der Waals surface area (Å²) in [5.74, 6) is 2.25. The summed E-state index contributed by atoms with van der Waals surface area (Å²) in [5.41, 5.74) is 13.3. The third kappa shape index (κ3) is 5.08. The third-order valence-corrected chi connectivity index (χ3v) is 13.7. The summed E-state index contributed by atoms with van der Waals surface area (Å²) in [5, 5.41) is 5.62. The lowest BCUT2D eigenvalue weighted by Gasteiger charge is -2.39. The van der Waals surface area contributed by atoms with E-state index in [-0.39, 0.29) is 0 Å². The Balaban J connectivity index is 1.04. The van der Waals surface area contributed by atoms with Crippen LogP contribution in [0.15, 0.2) is 200 Å². The molecular formula is C56H33N3OS. The maximum atomic E-state index is 7.08. The zero-order valence-corrected chi connectivity index (χ0v) is 33.5. The van der Waals surface area contributed by atoms with Gasteiger partial charge in [-0.05, 0) is 86.3 Å². The van der Waals surface area contributed by atoms with Gasteiger partial charge >= 0.3 is 0 Å². The van der Waals surface area contributed by atoms with Gasteiger partial charge in [-0.3, -0.25) is 0 Å². The molecule has 0 atom stereocenters. The van der Waals surface area contributed by atoms with Crippen LogP contribution >= 0.6 is 11.3 Å². The van der Waals surface area contributed by atoms with E-state index in [1.165, 1.54) is 37.7 Å². The van der Waals surface area contributed by atoms with Crippen LogP contribution in [-0.2, 0) is 5.41 Å². The van der Waals surface area contributed by atoms with Crippen LogP contribution in [0.5, 0.6) is 11.5 Å². The molecule has 5 heteroatoms. The molecular weight excluding hydrogens is 763 g/mol. The summed E-state index contributed by atoms with van der Waals surface area (Å²) in [6.07, 6.45) is 0. The zero-order chi connectivity index (χ0) is 40.1. The van der Waals surface area contributed by atoms with Crippen molar-refractivity contribution < 1.29 is 4.74 Å². The van der Waals surface area contributed by atoms with Crippen LogP contribution in [0.3, 0.4) is 0 Å². The molecule has 11 aromatic rings. The highest BCUT2D eigenvalue weighted by molar-refractivity contribution is 7.21.